The van der Waals surface area contributed by atoms with Gasteiger partial charge in [-0.25, -0.2) is 12.8 Å². The Labute approximate surface area is 101 Å². The Hall–Kier alpha value is -1.14. The Balaban J connectivity index is 2.77. The first-order chi connectivity index (χ1) is 7.79. The molecule has 4 nitrogen and oxygen atoms in total. The molecular weight excluding hydrogens is 245 g/mol. The van der Waals surface area contributed by atoms with Gasteiger partial charge in [0.2, 0.25) is 0 Å². The number of nitrogens with two attached hydrogens (primary N) is 1. The summed E-state index contributed by atoms with van der Waals surface area (Å²) in [6.45, 7) is 1.74. The zero-order chi connectivity index (χ0) is 13.1. The van der Waals surface area contributed by atoms with Gasteiger partial charge in [0.25, 0.3) is 0 Å². The molecule has 0 aliphatic rings. The molecule has 0 saturated heterocycles. The van der Waals surface area contributed by atoms with Gasteiger partial charge in [-0.05, 0) is 25.1 Å². The number of rotatable bonds is 5. The summed E-state index contributed by atoms with van der Waals surface area (Å²) < 4.78 is 40.2. The van der Waals surface area contributed by atoms with E-state index in [1.54, 1.807) is 6.92 Å². The first-order valence-electron chi connectivity index (χ1n) is 5.15. The van der Waals surface area contributed by atoms with Crippen molar-refractivity contribution in [2.24, 2.45) is 5.73 Å². The third kappa shape index (κ3) is 4.70. The van der Waals surface area contributed by atoms with Crippen molar-refractivity contribution < 1.29 is 17.5 Å². The van der Waals surface area contributed by atoms with Crippen molar-refractivity contribution in [1.29, 1.82) is 0 Å². The van der Waals surface area contributed by atoms with Crippen LogP contribution in [0.3, 0.4) is 0 Å². The highest BCUT2D eigenvalue weighted by Crippen LogP contribution is 2.24. The minimum absolute atomic E-state index is 0.0319. The van der Waals surface area contributed by atoms with Gasteiger partial charge in [-0.15, -0.1) is 0 Å². The Morgan fingerprint density at radius 1 is 1.47 bits per heavy atom. The maximum absolute atomic E-state index is 13.0. The summed E-state index contributed by atoms with van der Waals surface area (Å²) in [6.07, 6.45) is 1.13. The molecule has 0 amide bonds. The molecule has 1 aromatic rings. The summed E-state index contributed by atoms with van der Waals surface area (Å²) in [5.74, 6) is -0.0548. The summed E-state index contributed by atoms with van der Waals surface area (Å²) in [7, 11) is -3.07. The second kappa shape index (κ2) is 5.46. The van der Waals surface area contributed by atoms with Gasteiger partial charge in [0.1, 0.15) is 18.2 Å². The highest BCUT2D eigenvalue weighted by atomic mass is 32.2. The molecule has 0 radical (unpaired) electrons. The monoisotopic (exact) mass is 261 g/mol. The lowest BCUT2D eigenvalue weighted by Gasteiger charge is -2.13. The summed E-state index contributed by atoms with van der Waals surface area (Å²) in [4.78, 5) is 0. The Kier molecular flexibility index (Phi) is 4.47. The van der Waals surface area contributed by atoms with Crippen LogP contribution in [0.15, 0.2) is 18.2 Å². The first-order valence-corrected chi connectivity index (χ1v) is 7.21. The second-order valence-electron chi connectivity index (χ2n) is 3.95. The van der Waals surface area contributed by atoms with Crippen molar-refractivity contribution in [2.75, 3.05) is 18.6 Å². The molecule has 0 aliphatic heterocycles. The first kappa shape index (κ1) is 13.9. The molecule has 0 unspecified atom stereocenters. The minimum atomic E-state index is -3.07. The van der Waals surface area contributed by atoms with E-state index in [0.717, 1.165) is 6.26 Å². The second-order valence-corrected chi connectivity index (χ2v) is 6.21. The molecule has 0 aromatic heterocycles. The molecule has 0 bridgehead atoms. The van der Waals surface area contributed by atoms with Gasteiger partial charge >= 0.3 is 0 Å². The molecule has 17 heavy (non-hydrogen) atoms. The molecule has 1 rings (SSSR count). The van der Waals surface area contributed by atoms with Gasteiger partial charge < -0.3 is 10.5 Å². The molecule has 0 aliphatic carbocycles. The fourth-order valence-electron chi connectivity index (χ4n) is 1.31. The third-order valence-corrected chi connectivity index (χ3v) is 3.08. The van der Waals surface area contributed by atoms with E-state index in [-0.39, 0.29) is 18.4 Å². The van der Waals surface area contributed by atoms with E-state index in [0.29, 0.717) is 11.3 Å². The van der Waals surface area contributed by atoms with E-state index < -0.39 is 15.7 Å². The van der Waals surface area contributed by atoms with Crippen LogP contribution < -0.4 is 10.5 Å². The molecule has 0 spiro atoms. The normalized spacial score (nSPS) is 13.4. The van der Waals surface area contributed by atoms with Crippen LogP contribution in [-0.2, 0) is 9.84 Å². The van der Waals surface area contributed by atoms with Gasteiger partial charge in [0, 0.05) is 17.9 Å². The smallest absolute Gasteiger partial charge is 0.150 e. The van der Waals surface area contributed by atoms with Crippen LogP contribution in [0, 0.1) is 5.82 Å². The average molecular weight is 261 g/mol. The van der Waals surface area contributed by atoms with Crippen LogP contribution in [0.2, 0.25) is 0 Å². The predicted octanol–water partition coefficient (Wildman–Crippen LogP) is 1.27. The minimum Gasteiger partial charge on any atom is -0.492 e. The lowest BCUT2D eigenvalue weighted by Crippen LogP contribution is -2.14. The Bertz CT molecular complexity index is 485. The van der Waals surface area contributed by atoms with Gasteiger partial charge in [0.05, 0.1) is 5.75 Å². The number of sulfone groups is 1. The van der Waals surface area contributed by atoms with Crippen molar-refractivity contribution >= 4 is 9.84 Å². The number of ether oxygens (including phenoxy) is 1. The quantitative estimate of drug-likeness (QED) is 0.866. The lowest BCUT2D eigenvalue weighted by molar-refractivity contribution is 0.335. The maximum Gasteiger partial charge on any atom is 0.150 e. The fraction of sp³-hybridized carbons (Fsp3) is 0.455. The zero-order valence-electron chi connectivity index (χ0n) is 9.81. The van der Waals surface area contributed by atoms with Crippen molar-refractivity contribution in [3.8, 4) is 5.75 Å². The van der Waals surface area contributed by atoms with E-state index in [1.165, 1.54) is 18.2 Å². The molecule has 96 valence electrons. The molecule has 2 N–H and O–H groups in total. The van der Waals surface area contributed by atoms with Crippen LogP contribution in [-0.4, -0.2) is 27.0 Å². The summed E-state index contributed by atoms with van der Waals surface area (Å²) in [6, 6.07) is 3.62. The lowest BCUT2D eigenvalue weighted by atomic mass is 10.1. The van der Waals surface area contributed by atoms with E-state index in [1.807, 2.05) is 0 Å². The van der Waals surface area contributed by atoms with Crippen molar-refractivity contribution in [2.45, 2.75) is 13.0 Å². The Morgan fingerprint density at radius 3 is 2.65 bits per heavy atom. The fourth-order valence-corrected chi connectivity index (χ4v) is 1.70. The molecule has 1 aromatic carbocycles. The number of benzene rings is 1. The van der Waals surface area contributed by atoms with E-state index in [4.69, 9.17) is 10.5 Å². The summed E-state index contributed by atoms with van der Waals surface area (Å²) >= 11 is 0. The number of hydrogen-bond donors (Lipinski definition) is 1. The van der Waals surface area contributed by atoms with Crippen LogP contribution in [0.4, 0.5) is 4.39 Å². The molecule has 0 heterocycles. The number of hydrogen-bond acceptors (Lipinski definition) is 4. The van der Waals surface area contributed by atoms with Gasteiger partial charge in [-0.3, -0.25) is 0 Å². The number of halogens is 1. The van der Waals surface area contributed by atoms with Crippen LogP contribution in [0.1, 0.15) is 18.5 Å². The zero-order valence-corrected chi connectivity index (χ0v) is 10.6. The van der Waals surface area contributed by atoms with Crippen LogP contribution in [0.5, 0.6) is 5.75 Å². The third-order valence-electron chi connectivity index (χ3n) is 2.17. The van der Waals surface area contributed by atoms with Crippen LogP contribution >= 0.6 is 0 Å². The predicted molar refractivity (Wildman–Crippen MR) is 64.2 cm³/mol. The molecule has 6 heteroatoms. The van der Waals surface area contributed by atoms with Gasteiger partial charge in [-0.2, -0.15) is 0 Å². The van der Waals surface area contributed by atoms with Gasteiger partial charge in [-0.1, -0.05) is 0 Å². The van der Waals surface area contributed by atoms with Gasteiger partial charge in [0.15, 0.2) is 9.84 Å². The van der Waals surface area contributed by atoms with Crippen molar-refractivity contribution in [3.63, 3.8) is 0 Å². The summed E-state index contributed by atoms with van der Waals surface area (Å²) in [5, 5.41) is 0. The van der Waals surface area contributed by atoms with Crippen molar-refractivity contribution in [3.05, 3.63) is 29.6 Å². The molecule has 1 atom stereocenters. The molecule has 0 fully saturated rings. The Morgan fingerprint density at radius 2 is 2.12 bits per heavy atom. The highest BCUT2D eigenvalue weighted by molar-refractivity contribution is 7.90. The summed E-state index contributed by atoms with van der Waals surface area (Å²) in [5.41, 5.74) is 6.20. The SMILES string of the molecule is C[C@@H](N)c1cc(F)ccc1OCCS(C)(=O)=O. The van der Waals surface area contributed by atoms with E-state index >= 15 is 0 Å². The molecular formula is C11H16FNO3S. The van der Waals surface area contributed by atoms with E-state index in [2.05, 4.69) is 0 Å². The standard InChI is InChI=1S/C11H16FNO3S/c1-8(13)10-7-9(12)3-4-11(10)16-5-6-17(2,14)15/h3-4,7-8H,5-6,13H2,1-2H3/t8-/m1/s1. The van der Waals surface area contributed by atoms with Crippen LogP contribution in [0.25, 0.3) is 0 Å². The van der Waals surface area contributed by atoms with E-state index in [9.17, 15) is 12.8 Å². The average Bonchev–Trinajstić information content (AvgIpc) is 2.18. The largest absolute Gasteiger partial charge is 0.492 e. The highest BCUT2D eigenvalue weighted by Gasteiger charge is 2.10. The van der Waals surface area contributed by atoms with Crippen molar-refractivity contribution in [1.82, 2.24) is 0 Å². The molecule has 0 saturated carbocycles. The topological polar surface area (TPSA) is 69.4 Å². The maximum atomic E-state index is 13.0.